The molecule has 11 heteroatoms. The molecule has 0 atom stereocenters. The standard InChI is InChI=1S/C19H20N4O5S2/c1-23(11-12-3-5-13(28-2)6-4-12)30(26,27)18-9-14(19(20)25)17(29-18)10-16(24)15-7-8-21-22-15/h3-9H,10-11H2,1-2H3,(H2,20,25)(H,21,22). The maximum Gasteiger partial charge on any atom is 0.252 e. The summed E-state index contributed by atoms with van der Waals surface area (Å²) in [6, 6.07) is 9.74. The molecule has 3 rings (SSSR count). The van der Waals surface area contributed by atoms with E-state index in [9.17, 15) is 18.0 Å². The van der Waals surface area contributed by atoms with Crippen LogP contribution in [0, 0.1) is 0 Å². The van der Waals surface area contributed by atoms with Gasteiger partial charge in [0, 0.05) is 31.1 Å². The molecule has 0 saturated heterocycles. The van der Waals surface area contributed by atoms with Gasteiger partial charge >= 0.3 is 0 Å². The van der Waals surface area contributed by atoms with E-state index >= 15 is 0 Å². The van der Waals surface area contributed by atoms with E-state index in [1.54, 1.807) is 31.4 Å². The van der Waals surface area contributed by atoms with Gasteiger partial charge in [0.15, 0.2) is 5.78 Å². The number of carbonyl (C=O) groups is 2. The Morgan fingerprint density at radius 3 is 2.50 bits per heavy atom. The summed E-state index contributed by atoms with van der Waals surface area (Å²) in [4.78, 5) is 24.5. The number of amides is 1. The predicted octanol–water partition coefficient (Wildman–Crippen LogP) is 1.82. The molecule has 2 heterocycles. The van der Waals surface area contributed by atoms with E-state index in [0.29, 0.717) is 10.6 Å². The maximum absolute atomic E-state index is 13.0. The largest absolute Gasteiger partial charge is 0.497 e. The number of methoxy groups -OCH3 is 1. The number of nitrogens with one attached hydrogen (secondary N) is 1. The molecule has 30 heavy (non-hydrogen) atoms. The first-order valence-electron chi connectivity index (χ1n) is 8.76. The van der Waals surface area contributed by atoms with Gasteiger partial charge in [-0.15, -0.1) is 11.3 Å². The van der Waals surface area contributed by atoms with E-state index in [-0.39, 0.29) is 34.2 Å². The molecule has 1 amide bonds. The number of sulfonamides is 1. The van der Waals surface area contributed by atoms with E-state index in [4.69, 9.17) is 10.5 Å². The van der Waals surface area contributed by atoms with Gasteiger partial charge < -0.3 is 10.5 Å². The van der Waals surface area contributed by atoms with Crippen molar-refractivity contribution >= 4 is 33.1 Å². The Labute approximate surface area is 177 Å². The van der Waals surface area contributed by atoms with Crippen LogP contribution in [-0.4, -0.2) is 48.8 Å². The van der Waals surface area contributed by atoms with Crippen LogP contribution in [-0.2, 0) is 23.0 Å². The number of primary amides is 1. The minimum Gasteiger partial charge on any atom is -0.497 e. The summed E-state index contributed by atoms with van der Waals surface area (Å²) in [6.45, 7) is 0.124. The highest BCUT2D eigenvalue weighted by Gasteiger charge is 2.27. The number of nitrogens with zero attached hydrogens (tertiary/aromatic N) is 2. The van der Waals surface area contributed by atoms with Gasteiger partial charge in [-0.1, -0.05) is 12.1 Å². The number of aromatic amines is 1. The number of H-pyrrole nitrogens is 1. The molecule has 2 aromatic heterocycles. The molecule has 0 unspecified atom stereocenters. The molecule has 0 fully saturated rings. The van der Waals surface area contributed by atoms with E-state index in [1.165, 1.54) is 29.7 Å². The molecule has 0 spiro atoms. The van der Waals surface area contributed by atoms with E-state index in [1.807, 2.05) is 0 Å². The SMILES string of the molecule is COc1ccc(CN(C)S(=O)(=O)c2cc(C(N)=O)c(CC(=O)c3ccn[nH]3)s2)cc1. The maximum atomic E-state index is 13.0. The summed E-state index contributed by atoms with van der Waals surface area (Å²) in [7, 11) is -0.904. The molecule has 0 aliphatic heterocycles. The number of nitrogens with two attached hydrogens (primary N) is 1. The topological polar surface area (TPSA) is 135 Å². The normalized spacial score (nSPS) is 11.6. The summed E-state index contributed by atoms with van der Waals surface area (Å²) in [5.74, 6) is -0.453. The van der Waals surface area contributed by atoms with Gasteiger partial charge in [-0.05, 0) is 29.8 Å². The van der Waals surface area contributed by atoms with Gasteiger partial charge in [0.1, 0.15) is 15.7 Å². The fourth-order valence-electron chi connectivity index (χ4n) is 2.75. The highest BCUT2D eigenvalue weighted by Crippen LogP contribution is 2.30. The van der Waals surface area contributed by atoms with E-state index in [0.717, 1.165) is 16.9 Å². The third-order valence-corrected chi connectivity index (χ3v) is 7.79. The minimum atomic E-state index is -3.90. The van der Waals surface area contributed by atoms with Crippen LogP contribution in [0.25, 0.3) is 0 Å². The second-order valence-electron chi connectivity index (χ2n) is 6.45. The van der Waals surface area contributed by atoms with Crippen LogP contribution in [0.4, 0.5) is 0 Å². The highest BCUT2D eigenvalue weighted by atomic mass is 32.2. The van der Waals surface area contributed by atoms with Gasteiger partial charge in [-0.25, -0.2) is 8.42 Å². The summed E-state index contributed by atoms with van der Waals surface area (Å²) in [5, 5.41) is 6.27. The number of benzene rings is 1. The lowest BCUT2D eigenvalue weighted by atomic mass is 10.1. The molecule has 0 aliphatic carbocycles. The van der Waals surface area contributed by atoms with Gasteiger partial charge in [0.2, 0.25) is 5.91 Å². The molecular formula is C19H20N4O5S2. The van der Waals surface area contributed by atoms with Crippen LogP contribution in [0.2, 0.25) is 0 Å². The zero-order chi connectivity index (χ0) is 21.9. The zero-order valence-corrected chi connectivity index (χ0v) is 17.9. The molecular weight excluding hydrogens is 428 g/mol. The molecule has 0 aliphatic rings. The number of thiophene rings is 1. The smallest absolute Gasteiger partial charge is 0.252 e. The van der Waals surface area contributed by atoms with Crippen molar-refractivity contribution in [3.05, 3.63) is 64.3 Å². The Bertz CT molecular complexity index is 1150. The number of hydrogen-bond acceptors (Lipinski definition) is 7. The predicted molar refractivity (Wildman–Crippen MR) is 111 cm³/mol. The van der Waals surface area contributed by atoms with Crippen molar-refractivity contribution in [2.24, 2.45) is 5.73 Å². The van der Waals surface area contributed by atoms with Gasteiger partial charge in [0.05, 0.1) is 12.7 Å². The van der Waals surface area contributed by atoms with Crippen LogP contribution in [0.3, 0.4) is 0 Å². The van der Waals surface area contributed by atoms with Crippen molar-refractivity contribution < 1.29 is 22.7 Å². The Kier molecular flexibility index (Phi) is 6.34. The lowest BCUT2D eigenvalue weighted by Crippen LogP contribution is -2.25. The lowest BCUT2D eigenvalue weighted by Gasteiger charge is -2.16. The second-order valence-corrected chi connectivity index (χ2v) is 9.85. The summed E-state index contributed by atoms with van der Waals surface area (Å²) in [6.07, 6.45) is 1.27. The molecule has 3 N–H and O–H groups in total. The zero-order valence-electron chi connectivity index (χ0n) is 16.3. The first-order chi connectivity index (χ1) is 14.2. The third-order valence-electron chi connectivity index (χ3n) is 4.40. The minimum absolute atomic E-state index is 0.0179. The molecule has 0 radical (unpaired) electrons. The summed E-state index contributed by atoms with van der Waals surface area (Å²) < 4.78 is 32.3. The average Bonchev–Trinajstić information content (AvgIpc) is 3.39. The quantitative estimate of drug-likeness (QED) is 0.479. The summed E-state index contributed by atoms with van der Waals surface area (Å²) >= 11 is 0.860. The molecule has 1 aromatic carbocycles. The fraction of sp³-hybridized carbons (Fsp3) is 0.211. The average molecular weight is 449 g/mol. The Hall–Kier alpha value is -3.02. The highest BCUT2D eigenvalue weighted by molar-refractivity contribution is 7.91. The van der Waals surface area contributed by atoms with Crippen molar-refractivity contribution in [1.82, 2.24) is 14.5 Å². The number of ketones is 1. The third kappa shape index (κ3) is 4.58. The van der Waals surface area contributed by atoms with Crippen molar-refractivity contribution in [3.63, 3.8) is 0 Å². The van der Waals surface area contributed by atoms with Crippen LogP contribution in [0.5, 0.6) is 5.75 Å². The van der Waals surface area contributed by atoms with E-state index in [2.05, 4.69) is 10.2 Å². The number of carbonyl (C=O) groups excluding carboxylic acids is 2. The fourth-order valence-corrected chi connectivity index (χ4v) is 5.64. The monoisotopic (exact) mass is 448 g/mol. The number of hydrogen-bond donors (Lipinski definition) is 2. The number of Topliss-reactive ketones (excluding diaryl/α,β-unsaturated/α-hetero) is 1. The van der Waals surface area contributed by atoms with E-state index < -0.39 is 15.9 Å². The van der Waals surface area contributed by atoms with Crippen LogP contribution in [0.15, 0.2) is 46.8 Å². The van der Waals surface area contributed by atoms with Gasteiger partial charge in [-0.3, -0.25) is 14.7 Å². The number of rotatable bonds is 9. The van der Waals surface area contributed by atoms with Crippen LogP contribution >= 0.6 is 11.3 Å². The van der Waals surface area contributed by atoms with Crippen molar-refractivity contribution in [1.29, 1.82) is 0 Å². The van der Waals surface area contributed by atoms with Crippen LogP contribution < -0.4 is 10.5 Å². The molecule has 0 bridgehead atoms. The van der Waals surface area contributed by atoms with Crippen LogP contribution in [0.1, 0.15) is 31.3 Å². The molecule has 9 nitrogen and oxygen atoms in total. The second kappa shape index (κ2) is 8.78. The molecule has 3 aromatic rings. The number of ether oxygens (including phenoxy) is 1. The van der Waals surface area contributed by atoms with Crippen molar-refractivity contribution in [2.45, 2.75) is 17.2 Å². The lowest BCUT2D eigenvalue weighted by molar-refractivity contribution is 0.0988. The number of aromatic nitrogens is 2. The van der Waals surface area contributed by atoms with Gasteiger partial charge in [-0.2, -0.15) is 9.40 Å². The Morgan fingerprint density at radius 1 is 1.23 bits per heavy atom. The Balaban J connectivity index is 1.85. The molecule has 158 valence electrons. The Morgan fingerprint density at radius 2 is 1.93 bits per heavy atom. The van der Waals surface area contributed by atoms with Crippen molar-refractivity contribution in [2.75, 3.05) is 14.2 Å². The van der Waals surface area contributed by atoms with Crippen molar-refractivity contribution in [3.8, 4) is 5.75 Å². The van der Waals surface area contributed by atoms with Gasteiger partial charge in [0.25, 0.3) is 10.0 Å². The first-order valence-corrected chi connectivity index (χ1v) is 11.0. The first kappa shape index (κ1) is 21.7. The molecule has 0 saturated carbocycles. The summed E-state index contributed by atoms with van der Waals surface area (Å²) in [5.41, 5.74) is 6.46.